The maximum atomic E-state index is 13.3. The Morgan fingerprint density at radius 2 is 1.78 bits per heavy atom. The summed E-state index contributed by atoms with van der Waals surface area (Å²) in [6.07, 6.45) is 2.32. The van der Waals surface area contributed by atoms with Crippen LogP contribution in [0.25, 0.3) is 0 Å². The third-order valence-electron chi connectivity index (χ3n) is 5.95. The second kappa shape index (κ2) is 8.38. The molecule has 9 nitrogen and oxygen atoms in total. The first-order chi connectivity index (χ1) is 15.0. The molecule has 0 saturated carbocycles. The van der Waals surface area contributed by atoms with Gasteiger partial charge in [0.15, 0.2) is 5.84 Å². The highest BCUT2D eigenvalue weighted by molar-refractivity contribution is 7.90. The number of likely N-dealkylation sites (tertiary alicyclic amines) is 2. The van der Waals surface area contributed by atoms with Crippen molar-refractivity contribution in [2.24, 2.45) is 4.40 Å². The average Bonchev–Trinajstić information content (AvgIpc) is 3.29. The first-order valence-electron chi connectivity index (χ1n) is 11.0. The van der Waals surface area contributed by atoms with Crippen LogP contribution in [0.15, 0.2) is 33.6 Å². The predicted molar refractivity (Wildman–Crippen MR) is 119 cm³/mol. The molecule has 0 aliphatic carbocycles. The van der Waals surface area contributed by atoms with Crippen LogP contribution >= 0.6 is 0 Å². The number of ether oxygens (including phenoxy) is 1. The van der Waals surface area contributed by atoms with Crippen LogP contribution in [0.1, 0.15) is 52.0 Å². The lowest BCUT2D eigenvalue weighted by Gasteiger charge is -2.36. The minimum Gasteiger partial charge on any atom is -0.444 e. The Hall–Kier alpha value is -2.62. The molecule has 1 atom stereocenters. The molecule has 1 aromatic rings. The van der Waals surface area contributed by atoms with Gasteiger partial charge in [0.25, 0.3) is 10.0 Å². The van der Waals surface area contributed by atoms with Crippen LogP contribution in [0.3, 0.4) is 0 Å². The number of amidine groups is 1. The number of hydrogen-bond acceptors (Lipinski definition) is 6. The maximum Gasteiger partial charge on any atom is 0.407 e. The summed E-state index contributed by atoms with van der Waals surface area (Å²) in [6, 6.07) is 6.29. The Kier molecular flexibility index (Phi) is 5.91. The second-order valence-corrected chi connectivity index (χ2v) is 11.1. The lowest BCUT2D eigenvalue weighted by molar-refractivity contribution is -0.135. The van der Waals surface area contributed by atoms with Crippen LogP contribution in [0.2, 0.25) is 0 Å². The smallest absolute Gasteiger partial charge is 0.407 e. The summed E-state index contributed by atoms with van der Waals surface area (Å²) in [6.45, 7) is 7.12. The molecule has 0 bridgehead atoms. The van der Waals surface area contributed by atoms with Crippen molar-refractivity contribution in [3.8, 4) is 0 Å². The van der Waals surface area contributed by atoms with Gasteiger partial charge in [0, 0.05) is 31.2 Å². The Morgan fingerprint density at radius 3 is 2.47 bits per heavy atom. The van der Waals surface area contributed by atoms with Gasteiger partial charge in [-0.05, 0) is 58.6 Å². The van der Waals surface area contributed by atoms with Crippen molar-refractivity contribution in [2.75, 3.05) is 19.6 Å². The number of benzene rings is 1. The number of sulfonamides is 1. The molecule has 2 saturated heterocycles. The highest BCUT2D eigenvalue weighted by atomic mass is 32.2. The highest BCUT2D eigenvalue weighted by Crippen LogP contribution is 2.32. The van der Waals surface area contributed by atoms with Gasteiger partial charge in [-0.1, -0.05) is 12.1 Å². The summed E-state index contributed by atoms with van der Waals surface area (Å²) in [5.74, 6) is 0.362. The Bertz CT molecular complexity index is 1040. The first-order valence-corrected chi connectivity index (χ1v) is 12.5. The van der Waals surface area contributed by atoms with Gasteiger partial charge in [0.05, 0.1) is 0 Å². The van der Waals surface area contributed by atoms with Crippen molar-refractivity contribution in [3.63, 3.8) is 0 Å². The van der Waals surface area contributed by atoms with Crippen LogP contribution in [-0.4, -0.2) is 73.4 Å². The molecule has 174 valence electrons. The Morgan fingerprint density at radius 1 is 1.09 bits per heavy atom. The lowest BCUT2D eigenvalue weighted by atomic mass is 10.0. The predicted octanol–water partition coefficient (Wildman–Crippen LogP) is 2.12. The largest absolute Gasteiger partial charge is 0.444 e. The summed E-state index contributed by atoms with van der Waals surface area (Å²) >= 11 is 0. The van der Waals surface area contributed by atoms with Crippen LogP contribution in [-0.2, 0) is 19.6 Å². The topological polar surface area (TPSA) is 108 Å². The van der Waals surface area contributed by atoms with E-state index in [1.165, 1.54) is 0 Å². The fourth-order valence-electron chi connectivity index (χ4n) is 4.50. The van der Waals surface area contributed by atoms with Crippen molar-refractivity contribution in [1.29, 1.82) is 0 Å². The number of fused-ring (bicyclic) bond motifs is 1. The molecule has 3 heterocycles. The van der Waals surface area contributed by atoms with Crippen LogP contribution in [0.4, 0.5) is 4.79 Å². The number of nitrogens with one attached hydrogen (secondary N) is 1. The van der Waals surface area contributed by atoms with Gasteiger partial charge in [-0.25, -0.2) is 4.79 Å². The molecule has 0 aromatic heterocycles. The molecule has 4 rings (SSSR count). The van der Waals surface area contributed by atoms with E-state index in [1.807, 2.05) is 30.6 Å². The SMILES string of the molecule is CC(C)(C)OC(=O)NC1CCN(C(=O)[C@@H]2CCCN2C2=NS(=O)(=O)c3ccccc32)CC1. The molecule has 1 N–H and O–H groups in total. The van der Waals surface area contributed by atoms with E-state index in [9.17, 15) is 18.0 Å². The molecule has 0 unspecified atom stereocenters. The molecule has 32 heavy (non-hydrogen) atoms. The molecule has 10 heteroatoms. The number of carbonyl (C=O) groups excluding carboxylic acids is 2. The fourth-order valence-corrected chi connectivity index (χ4v) is 5.72. The standard InChI is InChI=1S/C22H30N4O5S/c1-22(2,3)31-21(28)23-15-10-13-25(14-11-15)20(27)17-8-6-12-26(17)19-16-7-4-5-9-18(16)32(29,30)24-19/h4-5,7,9,15,17H,6,8,10-14H2,1-3H3,(H,23,28)/t17-/m0/s1. The summed E-state index contributed by atoms with van der Waals surface area (Å²) in [7, 11) is -3.73. The zero-order chi connectivity index (χ0) is 23.1. The number of piperidine rings is 1. The van der Waals surface area contributed by atoms with Gasteiger partial charge < -0.3 is 19.9 Å². The maximum absolute atomic E-state index is 13.3. The monoisotopic (exact) mass is 462 g/mol. The molecule has 2 amide bonds. The van der Waals surface area contributed by atoms with E-state index in [2.05, 4.69) is 9.71 Å². The number of nitrogens with zero attached hydrogens (tertiary/aromatic N) is 3. The highest BCUT2D eigenvalue weighted by Gasteiger charge is 2.41. The van der Waals surface area contributed by atoms with Gasteiger partial charge in [0.1, 0.15) is 16.5 Å². The molecule has 0 radical (unpaired) electrons. The number of amides is 2. The van der Waals surface area contributed by atoms with E-state index in [0.717, 1.165) is 6.42 Å². The van der Waals surface area contributed by atoms with Gasteiger partial charge in [0.2, 0.25) is 5.91 Å². The number of rotatable bonds is 2. The van der Waals surface area contributed by atoms with Gasteiger partial charge in [-0.2, -0.15) is 8.42 Å². The number of hydrogen-bond donors (Lipinski definition) is 1. The van der Waals surface area contributed by atoms with Gasteiger partial charge in [-0.3, -0.25) is 4.79 Å². The average molecular weight is 463 g/mol. The quantitative estimate of drug-likeness (QED) is 0.721. The molecule has 3 aliphatic rings. The van der Waals surface area contributed by atoms with Crippen LogP contribution in [0.5, 0.6) is 0 Å². The second-order valence-electron chi connectivity index (χ2n) is 9.48. The van der Waals surface area contributed by atoms with Crippen molar-refractivity contribution < 1.29 is 22.7 Å². The van der Waals surface area contributed by atoms with E-state index in [1.54, 1.807) is 24.3 Å². The zero-order valence-corrected chi connectivity index (χ0v) is 19.5. The van der Waals surface area contributed by atoms with E-state index in [-0.39, 0.29) is 16.8 Å². The normalized spacial score (nSPS) is 23.0. The molecule has 3 aliphatic heterocycles. The van der Waals surface area contributed by atoms with E-state index in [0.29, 0.717) is 50.3 Å². The van der Waals surface area contributed by atoms with Crippen molar-refractivity contribution >= 4 is 27.9 Å². The molecule has 2 fully saturated rings. The lowest BCUT2D eigenvalue weighted by Crippen LogP contribution is -2.52. The molecule has 1 aromatic carbocycles. The van der Waals surface area contributed by atoms with Gasteiger partial charge in [-0.15, -0.1) is 4.40 Å². The molecular weight excluding hydrogens is 432 g/mol. The molecule has 0 spiro atoms. The minimum atomic E-state index is -3.73. The van der Waals surface area contributed by atoms with Crippen molar-refractivity contribution in [2.45, 2.75) is 69.0 Å². The van der Waals surface area contributed by atoms with Crippen LogP contribution in [0, 0.1) is 0 Å². The number of alkyl carbamates (subject to hydrolysis) is 1. The first kappa shape index (κ1) is 22.6. The van der Waals surface area contributed by atoms with E-state index >= 15 is 0 Å². The summed E-state index contributed by atoms with van der Waals surface area (Å²) in [5.41, 5.74) is 0.00864. The van der Waals surface area contributed by atoms with Crippen molar-refractivity contribution in [3.05, 3.63) is 29.8 Å². The minimum absolute atomic E-state index is 0.0114. The zero-order valence-electron chi connectivity index (χ0n) is 18.7. The Labute approximate surface area is 188 Å². The summed E-state index contributed by atoms with van der Waals surface area (Å²) in [4.78, 5) is 29.2. The summed E-state index contributed by atoms with van der Waals surface area (Å²) in [5, 5.41) is 2.88. The third kappa shape index (κ3) is 4.60. The Balaban J connectivity index is 1.40. The van der Waals surface area contributed by atoms with Gasteiger partial charge >= 0.3 is 6.09 Å². The van der Waals surface area contributed by atoms with Crippen LogP contribution < -0.4 is 5.32 Å². The number of carbonyl (C=O) groups is 2. The van der Waals surface area contributed by atoms with E-state index in [4.69, 9.17) is 4.74 Å². The van der Waals surface area contributed by atoms with Crippen molar-refractivity contribution in [1.82, 2.24) is 15.1 Å². The third-order valence-corrected chi connectivity index (χ3v) is 7.28. The summed E-state index contributed by atoms with van der Waals surface area (Å²) < 4.78 is 34.2. The van der Waals surface area contributed by atoms with E-state index < -0.39 is 27.8 Å². The fraction of sp³-hybridized carbons (Fsp3) is 0.591. The molecular formula is C22H30N4O5S.